The summed E-state index contributed by atoms with van der Waals surface area (Å²) >= 11 is 0. The first-order chi connectivity index (χ1) is 12.2. The molecule has 1 amide bonds. The highest BCUT2D eigenvalue weighted by atomic mass is 19.1. The van der Waals surface area contributed by atoms with E-state index < -0.39 is 6.10 Å². The summed E-state index contributed by atoms with van der Waals surface area (Å²) in [5, 5.41) is 0. The molecular formula is C21H20FNO2. The van der Waals surface area contributed by atoms with Gasteiger partial charge in [-0.05, 0) is 54.2 Å². The molecule has 2 aliphatic heterocycles. The van der Waals surface area contributed by atoms with Crippen LogP contribution in [-0.2, 0) is 16.0 Å². The summed E-state index contributed by atoms with van der Waals surface area (Å²) in [7, 11) is 0. The van der Waals surface area contributed by atoms with Crippen LogP contribution in [0, 0.1) is 5.82 Å². The largest absolute Gasteiger partial charge is 0.489 e. The summed E-state index contributed by atoms with van der Waals surface area (Å²) in [5.74, 6) is -0.264. The van der Waals surface area contributed by atoms with Crippen LogP contribution in [0.15, 0.2) is 60.9 Å². The summed E-state index contributed by atoms with van der Waals surface area (Å²) in [6, 6.07) is 14.4. The van der Waals surface area contributed by atoms with Gasteiger partial charge in [-0.1, -0.05) is 36.4 Å². The summed E-state index contributed by atoms with van der Waals surface area (Å²) in [6.07, 6.45) is 5.50. The summed E-state index contributed by atoms with van der Waals surface area (Å²) in [6.45, 7) is 0.640. The average Bonchev–Trinajstić information content (AvgIpc) is 2.68. The third kappa shape index (κ3) is 3.04. The quantitative estimate of drug-likeness (QED) is 0.829. The normalized spacial score (nSPS) is 22.2. The first-order valence-electron chi connectivity index (χ1n) is 8.68. The molecule has 2 aliphatic rings. The first kappa shape index (κ1) is 15.9. The molecular weight excluding hydrogens is 317 g/mol. The van der Waals surface area contributed by atoms with E-state index in [9.17, 15) is 9.18 Å². The van der Waals surface area contributed by atoms with Gasteiger partial charge in [-0.2, -0.15) is 0 Å². The molecule has 2 aromatic carbocycles. The zero-order chi connectivity index (χ0) is 17.2. The number of halogens is 1. The van der Waals surface area contributed by atoms with Crippen molar-refractivity contribution in [2.24, 2.45) is 0 Å². The van der Waals surface area contributed by atoms with Crippen LogP contribution in [0.1, 0.15) is 35.6 Å². The number of hydrogen-bond donors (Lipinski definition) is 0. The van der Waals surface area contributed by atoms with Gasteiger partial charge in [0.15, 0.2) is 6.10 Å². The molecule has 0 spiro atoms. The van der Waals surface area contributed by atoms with E-state index in [2.05, 4.69) is 12.1 Å². The standard InChI is InChI=1S/C21H20FNO2/c22-17-10-8-16(9-11-17)20-18-6-2-1-5-15(18)12-13-23(20)21(24)19-7-3-4-14-25-19/h1-2,4-6,8-11,14,19-20H,3,7,12-13H2/t19?,20-/m0/s1. The maximum Gasteiger partial charge on any atom is 0.264 e. The Bertz CT molecular complexity index is 800. The van der Waals surface area contributed by atoms with E-state index in [1.165, 1.54) is 17.7 Å². The van der Waals surface area contributed by atoms with Gasteiger partial charge in [-0.15, -0.1) is 0 Å². The highest BCUT2D eigenvalue weighted by Gasteiger charge is 2.35. The van der Waals surface area contributed by atoms with Crippen LogP contribution in [0.2, 0.25) is 0 Å². The molecule has 0 aromatic heterocycles. The molecule has 2 heterocycles. The number of benzene rings is 2. The molecule has 25 heavy (non-hydrogen) atoms. The molecule has 4 heteroatoms. The van der Waals surface area contributed by atoms with Crippen molar-refractivity contribution in [1.82, 2.24) is 4.90 Å². The third-order valence-corrected chi connectivity index (χ3v) is 4.96. The molecule has 0 saturated heterocycles. The van der Waals surface area contributed by atoms with Gasteiger partial charge in [-0.3, -0.25) is 4.79 Å². The number of ether oxygens (including phenoxy) is 1. The number of nitrogens with zero attached hydrogens (tertiary/aromatic N) is 1. The molecule has 0 fully saturated rings. The average molecular weight is 337 g/mol. The minimum absolute atomic E-state index is 0.00757. The Morgan fingerprint density at radius 2 is 1.92 bits per heavy atom. The molecule has 4 rings (SSSR count). The third-order valence-electron chi connectivity index (χ3n) is 4.96. The predicted octanol–water partition coefficient (Wildman–Crippen LogP) is 3.99. The van der Waals surface area contributed by atoms with Gasteiger partial charge < -0.3 is 9.64 Å². The van der Waals surface area contributed by atoms with E-state index in [0.717, 1.165) is 24.0 Å². The van der Waals surface area contributed by atoms with Crippen LogP contribution in [0.4, 0.5) is 4.39 Å². The van der Waals surface area contributed by atoms with Gasteiger partial charge >= 0.3 is 0 Å². The summed E-state index contributed by atoms with van der Waals surface area (Å²) in [5.41, 5.74) is 3.28. The SMILES string of the molecule is O=C(C1CCC=CO1)N1CCc2ccccc2[C@@H]1c1ccc(F)cc1. The van der Waals surface area contributed by atoms with Crippen molar-refractivity contribution in [2.45, 2.75) is 31.4 Å². The predicted molar refractivity (Wildman–Crippen MR) is 93.3 cm³/mol. The van der Waals surface area contributed by atoms with E-state index >= 15 is 0 Å². The number of carbonyl (C=O) groups is 1. The minimum atomic E-state index is -0.432. The lowest BCUT2D eigenvalue weighted by Gasteiger charge is -2.39. The van der Waals surface area contributed by atoms with Gasteiger partial charge in [0, 0.05) is 6.54 Å². The number of carbonyl (C=O) groups excluding carboxylic acids is 1. The van der Waals surface area contributed by atoms with Crippen molar-refractivity contribution < 1.29 is 13.9 Å². The molecule has 0 saturated carbocycles. The summed E-state index contributed by atoms with van der Waals surface area (Å²) in [4.78, 5) is 15.0. The molecule has 0 radical (unpaired) electrons. The van der Waals surface area contributed by atoms with Crippen LogP contribution in [-0.4, -0.2) is 23.5 Å². The van der Waals surface area contributed by atoms with Gasteiger partial charge in [0.25, 0.3) is 5.91 Å². The number of fused-ring (bicyclic) bond motifs is 1. The zero-order valence-electron chi connectivity index (χ0n) is 13.9. The van der Waals surface area contributed by atoms with Gasteiger partial charge in [-0.25, -0.2) is 4.39 Å². The Morgan fingerprint density at radius 3 is 2.68 bits per heavy atom. The number of hydrogen-bond acceptors (Lipinski definition) is 2. The molecule has 0 bridgehead atoms. The highest BCUT2D eigenvalue weighted by Crippen LogP contribution is 2.36. The van der Waals surface area contributed by atoms with E-state index in [0.29, 0.717) is 13.0 Å². The Hall–Kier alpha value is -2.62. The van der Waals surface area contributed by atoms with Crippen molar-refractivity contribution >= 4 is 5.91 Å². The molecule has 0 N–H and O–H groups in total. The molecule has 3 nitrogen and oxygen atoms in total. The monoisotopic (exact) mass is 337 g/mol. The van der Waals surface area contributed by atoms with E-state index in [4.69, 9.17) is 4.74 Å². The van der Waals surface area contributed by atoms with Gasteiger partial charge in [0.2, 0.25) is 0 Å². The van der Waals surface area contributed by atoms with Crippen molar-refractivity contribution in [3.63, 3.8) is 0 Å². The van der Waals surface area contributed by atoms with E-state index in [-0.39, 0.29) is 17.8 Å². The lowest BCUT2D eigenvalue weighted by molar-refractivity contribution is -0.143. The zero-order valence-corrected chi connectivity index (χ0v) is 13.9. The van der Waals surface area contributed by atoms with E-state index in [1.807, 2.05) is 23.1 Å². The van der Waals surface area contributed by atoms with Crippen molar-refractivity contribution in [2.75, 3.05) is 6.54 Å². The van der Waals surface area contributed by atoms with Crippen LogP contribution in [0.25, 0.3) is 0 Å². The van der Waals surface area contributed by atoms with Gasteiger partial charge in [0.1, 0.15) is 5.82 Å². The molecule has 128 valence electrons. The van der Waals surface area contributed by atoms with Crippen LogP contribution >= 0.6 is 0 Å². The van der Waals surface area contributed by atoms with Crippen molar-refractivity contribution in [3.05, 3.63) is 83.4 Å². The second-order valence-corrected chi connectivity index (χ2v) is 6.51. The topological polar surface area (TPSA) is 29.5 Å². The lowest BCUT2D eigenvalue weighted by atomic mass is 9.87. The molecule has 1 unspecified atom stereocenters. The Kier molecular flexibility index (Phi) is 4.26. The Balaban J connectivity index is 1.73. The number of amides is 1. The van der Waals surface area contributed by atoms with Crippen LogP contribution in [0.3, 0.4) is 0 Å². The number of rotatable bonds is 2. The lowest BCUT2D eigenvalue weighted by Crippen LogP contribution is -2.46. The minimum Gasteiger partial charge on any atom is -0.489 e. The maximum absolute atomic E-state index is 13.4. The Morgan fingerprint density at radius 1 is 1.12 bits per heavy atom. The Labute approximate surface area is 146 Å². The first-order valence-corrected chi connectivity index (χ1v) is 8.68. The molecule has 2 atom stereocenters. The van der Waals surface area contributed by atoms with Gasteiger partial charge in [0.05, 0.1) is 12.3 Å². The maximum atomic E-state index is 13.4. The van der Waals surface area contributed by atoms with Crippen LogP contribution < -0.4 is 0 Å². The smallest absolute Gasteiger partial charge is 0.264 e. The molecule has 2 aromatic rings. The number of allylic oxidation sites excluding steroid dienone is 1. The van der Waals surface area contributed by atoms with Crippen LogP contribution in [0.5, 0.6) is 0 Å². The fourth-order valence-electron chi connectivity index (χ4n) is 3.71. The molecule has 0 aliphatic carbocycles. The fourth-order valence-corrected chi connectivity index (χ4v) is 3.71. The second kappa shape index (κ2) is 6.71. The van der Waals surface area contributed by atoms with Crippen molar-refractivity contribution in [1.29, 1.82) is 0 Å². The second-order valence-electron chi connectivity index (χ2n) is 6.51. The van der Waals surface area contributed by atoms with Crippen molar-refractivity contribution in [3.8, 4) is 0 Å². The van der Waals surface area contributed by atoms with E-state index in [1.54, 1.807) is 18.4 Å². The highest BCUT2D eigenvalue weighted by molar-refractivity contribution is 5.82. The fraction of sp³-hybridized carbons (Fsp3) is 0.286. The summed E-state index contributed by atoms with van der Waals surface area (Å²) < 4.78 is 18.9.